The van der Waals surface area contributed by atoms with Gasteiger partial charge in [0, 0.05) is 6.54 Å². The average molecular weight is 308 g/mol. The molecule has 2 atom stereocenters. The van der Waals surface area contributed by atoms with Gasteiger partial charge in [-0.05, 0) is 17.5 Å². The van der Waals surface area contributed by atoms with Crippen molar-refractivity contribution in [2.75, 3.05) is 13.2 Å². The van der Waals surface area contributed by atoms with Crippen LogP contribution in [0.3, 0.4) is 0 Å². The molecule has 0 fully saturated rings. The third kappa shape index (κ3) is 3.52. The number of benzene rings is 2. The number of rotatable bonds is 6. The van der Waals surface area contributed by atoms with Crippen LogP contribution in [-0.2, 0) is 0 Å². The van der Waals surface area contributed by atoms with E-state index in [1.54, 1.807) is 0 Å². The van der Waals surface area contributed by atoms with E-state index in [1.165, 1.54) is 5.56 Å². The number of aliphatic hydroxyl groups is 1. The Labute approximate surface area is 138 Å². The summed E-state index contributed by atoms with van der Waals surface area (Å²) in [5.41, 5.74) is 3.46. The molecule has 0 saturated heterocycles. The van der Waals surface area contributed by atoms with Crippen molar-refractivity contribution >= 4 is 5.71 Å². The van der Waals surface area contributed by atoms with Crippen molar-refractivity contribution in [3.05, 3.63) is 71.8 Å². The SMILES string of the molecule is CCC[C@H]1N=C(c2ccccc2)CN1[C@@H](CO)c1ccccc1. The van der Waals surface area contributed by atoms with Crippen molar-refractivity contribution in [1.29, 1.82) is 0 Å². The quantitative estimate of drug-likeness (QED) is 0.884. The summed E-state index contributed by atoms with van der Waals surface area (Å²) >= 11 is 0. The molecule has 2 aromatic rings. The molecule has 1 N–H and O–H groups in total. The normalized spacial score (nSPS) is 19.6. The molecule has 0 radical (unpaired) electrons. The van der Waals surface area contributed by atoms with E-state index in [1.807, 2.05) is 24.3 Å². The van der Waals surface area contributed by atoms with Crippen molar-refractivity contribution in [2.45, 2.75) is 32.0 Å². The molecule has 120 valence electrons. The minimum absolute atomic E-state index is 0.00212. The molecule has 3 rings (SSSR count). The first-order valence-electron chi connectivity index (χ1n) is 8.37. The van der Waals surface area contributed by atoms with E-state index >= 15 is 0 Å². The molecule has 3 nitrogen and oxygen atoms in total. The standard InChI is InChI=1S/C20H24N2O/c1-2-9-20-21-18(16-10-5-3-6-11-16)14-22(20)19(15-23)17-12-7-4-8-13-17/h3-8,10-13,19-20,23H,2,9,14-15H2,1H3/t19-,20-/m0/s1. The van der Waals surface area contributed by atoms with Crippen molar-refractivity contribution in [3.63, 3.8) is 0 Å². The van der Waals surface area contributed by atoms with Gasteiger partial charge in [0.25, 0.3) is 0 Å². The topological polar surface area (TPSA) is 35.8 Å². The Morgan fingerprint density at radius 2 is 1.74 bits per heavy atom. The van der Waals surface area contributed by atoms with Crippen LogP contribution in [0.4, 0.5) is 0 Å². The maximum Gasteiger partial charge on any atom is 0.103 e. The van der Waals surface area contributed by atoms with E-state index in [0.717, 1.165) is 30.7 Å². The van der Waals surface area contributed by atoms with Gasteiger partial charge < -0.3 is 5.11 Å². The first kappa shape index (κ1) is 15.9. The summed E-state index contributed by atoms with van der Waals surface area (Å²) in [5.74, 6) is 0. The Morgan fingerprint density at radius 1 is 1.09 bits per heavy atom. The number of aliphatic hydroxyl groups excluding tert-OH is 1. The van der Waals surface area contributed by atoms with Crippen LogP contribution in [0.1, 0.15) is 36.9 Å². The van der Waals surface area contributed by atoms with Crippen LogP contribution in [-0.4, -0.2) is 35.0 Å². The van der Waals surface area contributed by atoms with E-state index in [-0.39, 0.29) is 18.8 Å². The van der Waals surface area contributed by atoms with Gasteiger partial charge in [-0.15, -0.1) is 0 Å². The third-order valence-corrected chi connectivity index (χ3v) is 4.43. The summed E-state index contributed by atoms with van der Waals surface area (Å²) in [4.78, 5) is 7.29. The van der Waals surface area contributed by atoms with Crippen LogP contribution < -0.4 is 0 Å². The lowest BCUT2D eigenvalue weighted by Crippen LogP contribution is -2.37. The number of hydrogen-bond donors (Lipinski definition) is 1. The molecule has 1 heterocycles. The largest absolute Gasteiger partial charge is 0.394 e. The first-order chi connectivity index (χ1) is 11.3. The first-order valence-corrected chi connectivity index (χ1v) is 8.37. The van der Waals surface area contributed by atoms with Gasteiger partial charge in [0.15, 0.2) is 0 Å². The molecule has 1 aliphatic heterocycles. The summed E-state index contributed by atoms with van der Waals surface area (Å²) < 4.78 is 0. The van der Waals surface area contributed by atoms with Crippen LogP contribution in [0.2, 0.25) is 0 Å². The fourth-order valence-electron chi connectivity index (χ4n) is 3.25. The summed E-state index contributed by atoms with van der Waals surface area (Å²) in [7, 11) is 0. The van der Waals surface area contributed by atoms with Crippen LogP contribution in [0.25, 0.3) is 0 Å². The van der Waals surface area contributed by atoms with E-state index in [4.69, 9.17) is 4.99 Å². The van der Waals surface area contributed by atoms with Crippen molar-refractivity contribution in [1.82, 2.24) is 4.90 Å². The highest BCUT2D eigenvalue weighted by molar-refractivity contribution is 6.03. The highest BCUT2D eigenvalue weighted by Crippen LogP contribution is 2.29. The van der Waals surface area contributed by atoms with Crippen molar-refractivity contribution in [2.24, 2.45) is 4.99 Å². The minimum atomic E-state index is -0.00212. The van der Waals surface area contributed by atoms with Crippen LogP contribution in [0.15, 0.2) is 65.7 Å². The van der Waals surface area contributed by atoms with Gasteiger partial charge in [0.05, 0.1) is 18.4 Å². The summed E-state index contributed by atoms with van der Waals surface area (Å²) in [6.07, 6.45) is 2.24. The summed E-state index contributed by atoms with van der Waals surface area (Å²) in [6, 6.07) is 20.6. The molecule has 0 aliphatic carbocycles. The van der Waals surface area contributed by atoms with Crippen LogP contribution in [0, 0.1) is 0 Å². The molecule has 23 heavy (non-hydrogen) atoms. The lowest BCUT2D eigenvalue weighted by molar-refractivity contribution is 0.107. The van der Waals surface area contributed by atoms with Gasteiger partial charge in [-0.2, -0.15) is 0 Å². The van der Waals surface area contributed by atoms with Gasteiger partial charge in [0.1, 0.15) is 6.17 Å². The molecule has 0 aromatic heterocycles. The van der Waals surface area contributed by atoms with Crippen molar-refractivity contribution in [3.8, 4) is 0 Å². The Hall–Kier alpha value is -1.97. The van der Waals surface area contributed by atoms with Crippen LogP contribution >= 0.6 is 0 Å². The van der Waals surface area contributed by atoms with E-state index < -0.39 is 0 Å². The van der Waals surface area contributed by atoms with Gasteiger partial charge in [-0.25, -0.2) is 0 Å². The molecule has 0 amide bonds. The molecular weight excluding hydrogens is 284 g/mol. The molecule has 0 unspecified atom stereocenters. The fraction of sp³-hybridized carbons (Fsp3) is 0.350. The zero-order chi connectivity index (χ0) is 16.1. The molecule has 3 heteroatoms. The maximum atomic E-state index is 9.99. The second-order valence-corrected chi connectivity index (χ2v) is 5.99. The predicted octanol–water partition coefficient (Wildman–Crippen LogP) is 3.65. The second-order valence-electron chi connectivity index (χ2n) is 5.99. The molecule has 0 saturated carbocycles. The fourth-order valence-corrected chi connectivity index (χ4v) is 3.25. The zero-order valence-corrected chi connectivity index (χ0v) is 13.6. The predicted molar refractivity (Wildman–Crippen MR) is 94.6 cm³/mol. The lowest BCUT2D eigenvalue weighted by Gasteiger charge is -2.31. The maximum absolute atomic E-state index is 9.99. The van der Waals surface area contributed by atoms with E-state index in [0.29, 0.717) is 0 Å². The van der Waals surface area contributed by atoms with E-state index in [2.05, 4.69) is 48.2 Å². The number of aliphatic imine (C=N–C) groups is 1. The molecule has 0 bridgehead atoms. The average Bonchev–Trinajstić information content (AvgIpc) is 3.02. The van der Waals surface area contributed by atoms with Crippen LogP contribution in [0.5, 0.6) is 0 Å². The molecule has 1 aliphatic rings. The smallest absolute Gasteiger partial charge is 0.103 e. The molecule has 0 spiro atoms. The third-order valence-electron chi connectivity index (χ3n) is 4.43. The van der Waals surface area contributed by atoms with E-state index in [9.17, 15) is 5.11 Å². The van der Waals surface area contributed by atoms with Gasteiger partial charge in [0.2, 0.25) is 0 Å². The van der Waals surface area contributed by atoms with Crippen molar-refractivity contribution < 1.29 is 5.11 Å². The number of hydrogen-bond acceptors (Lipinski definition) is 3. The molecule has 2 aromatic carbocycles. The summed E-state index contributed by atoms with van der Waals surface area (Å²) in [5, 5.41) is 9.99. The highest BCUT2D eigenvalue weighted by Gasteiger charge is 2.32. The Bertz CT molecular complexity index is 639. The molecular formula is C20H24N2O. The monoisotopic (exact) mass is 308 g/mol. The summed E-state index contributed by atoms with van der Waals surface area (Å²) in [6.45, 7) is 3.08. The zero-order valence-electron chi connectivity index (χ0n) is 13.6. The lowest BCUT2D eigenvalue weighted by atomic mass is 10.0. The number of nitrogens with zero attached hydrogens (tertiary/aromatic N) is 2. The minimum Gasteiger partial charge on any atom is -0.394 e. The second kappa shape index (κ2) is 7.53. The van der Waals surface area contributed by atoms with Gasteiger partial charge in [-0.3, -0.25) is 9.89 Å². The van der Waals surface area contributed by atoms with Gasteiger partial charge in [-0.1, -0.05) is 74.0 Å². The Kier molecular flexibility index (Phi) is 5.21. The Balaban J connectivity index is 1.87. The van der Waals surface area contributed by atoms with Gasteiger partial charge >= 0.3 is 0 Å². The Morgan fingerprint density at radius 3 is 2.35 bits per heavy atom. The highest BCUT2D eigenvalue weighted by atomic mass is 16.3.